The van der Waals surface area contributed by atoms with Crippen LogP contribution in [0.4, 0.5) is 0 Å². The molecule has 0 rings (SSSR count). The number of carbonyl (C=O) groups excluding carboxylic acids is 1. The van der Waals surface area contributed by atoms with Crippen LogP contribution in [-0.4, -0.2) is 17.0 Å². The van der Waals surface area contributed by atoms with Gasteiger partial charge >= 0.3 is 0 Å². The molecule has 11 heavy (non-hydrogen) atoms. The van der Waals surface area contributed by atoms with Crippen molar-refractivity contribution < 1.29 is 9.90 Å². The lowest BCUT2D eigenvalue weighted by atomic mass is 9.75. The minimum absolute atomic E-state index is 0.0625. The standard InChI is InChI=1S/C9H18O2/c1-6(10)8(7(2)11)9(3,4)5/h6,8,10H,1-5H3. The third-order valence-electron chi connectivity index (χ3n) is 1.85. The maximum Gasteiger partial charge on any atom is 0.136 e. The van der Waals surface area contributed by atoms with E-state index in [9.17, 15) is 9.90 Å². The molecule has 0 radical (unpaired) electrons. The van der Waals surface area contributed by atoms with Gasteiger partial charge < -0.3 is 5.11 Å². The minimum Gasteiger partial charge on any atom is -0.393 e. The third kappa shape index (κ3) is 3.02. The molecule has 0 aromatic heterocycles. The van der Waals surface area contributed by atoms with Gasteiger partial charge in [0.15, 0.2) is 0 Å². The SMILES string of the molecule is CC(=O)C(C(C)O)C(C)(C)C. The molecular formula is C9H18O2. The quantitative estimate of drug-likeness (QED) is 0.663. The largest absolute Gasteiger partial charge is 0.393 e. The van der Waals surface area contributed by atoms with Crippen LogP contribution >= 0.6 is 0 Å². The van der Waals surface area contributed by atoms with Crippen molar-refractivity contribution in [2.24, 2.45) is 11.3 Å². The summed E-state index contributed by atoms with van der Waals surface area (Å²) in [6, 6.07) is 0. The van der Waals surface area contributed by atoms with E-state index in [0.29, 0.717) is 0 Å². The van der Waals surface area contributed by atoms with E-state index >= 15 is 0 Å². The number of ketones is 1. The molecule has 2 unspecified atom stereocenters. The molecule has 0 aliphatic carbocycles. The van der Waals surface area contributed by atoms with Crippen LogP contribution in [0.25, 0.3) is 0 Å². The summed E-state index contributed by atoms with van der Waals surface area (Å²) < 4.78 is 0. The van der Waals surface area contributed by atoms with Crippen molar-refractivity contribution >= 4 is 5.78 Å². The normalized spacial score (nSPS) is 17.6. The molecule has 0 saturated carbocycles. The predicted octanol–water partition coefficient (Wildman–Crippen LogP) is 1.62. The maximum absolute atomic E-state index is 11.1. The van der Waals surface area contributed by atoms with Crippen LogP contribution in [0.1, 0.15) is 34.6 Å². The summed E-state index contributed by atoms with van der Waals surface area (Å²) in [5.74, 6) is -0.185. The van der Waals surface area contributed by atoms with Crippen molar-refractivity contribution in [1.82, 2.24) is 0 Å². The number of hydrogen-bond acceptors (Lipinski definition) is 2. The van der Waals surface area contributed by atoms with E-state index in [0.717, 1.165) is 0 Å². The third-order valence-corrected chi connectivity index (χ3v) is 1.85. The monoisotopic (exact) mass is 158 g/mol. The molecule has 2 nitrogen and oxygen atoms in total. The lowest BCUT2D eigenvalue weighted by molar-refractivity contribution is -0.128. The summed E-state index contributed by atoms with van der Waals surface area (Å²) in [7, 11) is 0. The van der Waals surface area contributed by atoms with E-state index in [1.807, 2.05) is 20.8 Å². The predicted molar refractivity (Wildman–Crippen MR) is 45.3 cm³/mol. The Morgan fingerprint density at radius 2 is 1.73 bits per heavy atom. The molecule has 0 aliphatic heterocycles. The molecule has 0 saturated heterocycles. The van der Waals surface area contributed by atoms with Gasteiger partial charge in [0.05, 0.1) is 6.10 Å². The first kappa shape index (κ1) is 10.6. The number of aliphatic hydroxyl groups excluding tert-OH is 1. The van der Waals surface area contributed by atoms with Gasteiger partial charge in [-0.2, -0.15) is 0 Å². The highest BCUT2D eigenvalue weighted by Crippen LogP contribution is 2.29. The molecule has 66 valence electrons. The number of hydrogen-bond donors (Lipinski definition) is 1. The summed E-state index contributed by atoms with van der Waals surface area (Å²) in [5.41, 5.74) is -0.139. The lowest BCUT2D eigenvalue weighted by Gasteiger charge is -2.30. The zero-order valence-electron chi connectivity index (χ0n) is 8.01. The maximum atomic E-state index is 11.1. The summed E-state index contributed by atoms with van der Waals surface area (Å²) in [6.45, 7) is 9.09. The van der Waals surface area contributed by atoms with Gasteiger partial charge in [-0.05, 0) is 19.3 Å². The van der Waals surface area contributed by atoms with Crippen LogP contribution in [-0.2, 0) is 4.79 Å². The van der Waals surface area contributed by atoms with Gasteiger partial charge in [0.2, 0.25) is 0 Å². The van der Waals surface area contributed by atoms with Gasteiger partial charge in [0.1, 0.15) is 5.78 Å². The molecule has 0 aliphatic rings. The number of rotatable bonds is 2. The Labute approximate surface area is 68.6 Å². The number of Topliss-reactive ketones (excluding diaryl/α,β-unsaturated/α-hetero) is 1. The van der Waals surface area contributed by atoms with Crippen molar-refractivity contribution in [3.8, 4) is 0 Å². The molecule has 0 spiro atoms. The van der Waals surface area contributed by atoms with Crippen LogP contribution in [0.15, 0.2) is 0 Å². The zero-order valence-corrected chi connectivity index (χ0v) is 8.01. The van der Waals surface area contributed by atoms with E-state index in [1.54, 1.807) is 6.92 Å². The fraction of sp³-hybridized carbons (Fsp3) is 0.889. The second kappa shape index (κ2) is 3.35. The zero-order chi connectivity index (χ0) is 9.23. The summed E-state index contributed by atoms with van der Waals surface area (Å²) in [4.78, 5) is 11.1. The van der Waals surface area contributed by atoms with Crippen LogP contribution in [0.5, 0.6) is 0 Å². The summed E-state index contributed by atoms with van der Waals surface area (Å²) in [5, 5.41) is 9.30. The van der Waals surface area contributed by atoms with Crippen molar-refractivity contribution in [3.05, 3.63) is 0 Å². The van der Waals surface area contributed by atoms with Gasteiger partial charge in [-0.1, -0.05) is 20.8 Å². The first-order valence-corrected chi connectivity index (χ1v) is 3.95. The average molecular weight is 158 g/mol. The molecule has 1 N–H and O–H groups in total. The minimum atomic E-state index is -0.549. The summed E-state index contributed by atoms with van der Waals surface area (Å²) in [6.07, 6.45) is -0.549. The Hall–Kier alpha value is -0.370. The number of aliphatic hydroxyl groups is 1. The van der Waals surface area contributed by atoms with Gasteiger partial charge in [0.25, 0.3) is 0 Å². The molecule has 0 bridgehead atoms. The Kier molecular flexibility index (Phi) is 3.24. The second-order valence-electron chi connectivity index (χ2n) is 4.19. The fourth-order valence-corrected chi connectivity index (χ4v) is 1.67. The smallest absolute Gasteiger partial charge is 0.136 e. The molecule has 0 aromatic carbocycles. The molecule has 0 fully saturated rings. The van der Waals surface area contributed by atoms with Crippen molar-refractivity contribution in [2.45, 2.75) is 40.7 Å². The van der Waals surface area contributed by atoms with Crippen molar-refractivity contribution in [2.75, 3.05) is 0 Å². The van der Waals surface area contributed by atoms with E-state index in [-0.39, 0.29) is 17.1 Å². The Bertz CT molecular complexity index is 142. The highest BCUT2D eigenvalue weighted by molar-refractivity contribution is 5.79. The first-order valence-electron chi connectivity index (χ1n) is 3.95. The molecule has 0 amide bonds. The van der Waals surface area contributed by atoms with E-state index in [4.69, 9.17) is 0 Å². The molecule has 2 heteroatoms. The van der Waals surface area contributed by atoms with Crippen LogP contribution in [0, 0.1) is 11.3 Å². The first-order chi connectivity index (χ1) is 4.76. The van der Waals surface area contributed by atoms with E-state index in [2.05, 4.69) is 0 Å². The topological polar surface area (TPSA) is 37.3 Å². The van der Waals surface area contributed by atoms with Crippen molar-refractivity contribution in [3.63, 3.8) is 0 Å². The Balaban J connectivity index is 4.49. The Morgan fingerprint density at radius 1 is 1.36 bits per heavy atom. The van der Waals surface area contributed by atoms with E-state index < -0.39 is 6.10 Å². The Morgan fingerprint density at radius 3 is 1.73 bits per heavy atom. The highest BCUT2D eigenvalue weighted by atomic mass is 16.3. The summed E-state index contributed by atoms with van der Waals surface area (Å²) >= 11 is 0. The average Bonchev–Trinajstić information content (AvgIpc) is 1.54. The second-order valence-corrected chi connectivity index (χ2v) is 4.19. The highest BCUT2D eigenvalue weighted by Gasteiger charge is 2.32. The van der Waals surface area contributed by atoms with Crippen molar-refractivity contribution in [1.29, 1.82) is 0 Å². The van der Waals surface area contributed by atoms with Crippen LogP contribution < -0.4 is 0 Å². The van der Waals surface area contributed by atoms with Gasteiger partial charge in [-0.25, -0.2) is 0 Å². The van der Waals surface area contributed by atoms with Crippen LogP contribution in [0.2, 0.25) is 0 Å². The lowest BCUT2D eigenvalue weighted by Crippen LogP contribution is -2.35. The molecule has 0 heterocycles. The molecule has 0 aromatic rings. The number of carbonyl (C=O) groups is 1. The molecule has 2 atom stereocenters. The fourth-order valence-electron chi connectivity index (χ4n) is 1.67. The van der Waals surface area contributed by atoms with Gasteiger partial charge in [-0.15, -0.1) is 0 Å². The van der Waals surface area contributed by atoms with E-state index in [1.165, 1.54) is 6.92 Å². The van der Waals surface area contributed by atoms with Gasteiger partial charge in [0, 0.05) is 5.92 Å². The van der Waals surface area contributed by atoms with Crippen LogP contribution in [0.3, 0.4) is 0 Å². The van der Waals surface area contributed by atoms with Gasteiger partial charge in [-0.3, -0.25) is 4.79 Å². The molecular weight excluding hydrogens is 140 g/mol.